The second kappa shape index (κ2) is 26.7. The second-order valence-electron chi connectivity index (χ2n) is 8.08. The lowest BCUT2D eigenvalue weighted by Crippen LogP contribution is -1.85. The molecule has 0 unspecified atom stereocenters. The van der Waals surface area contributed by atoms with Crippen molar-refractivity contribution in [2.24, 2.45) is 0 Å². The van der Waals surface area contributed by atoms with Crippen LogP contribution in [0.4, 0.5) is 0 Å². The van der Waals surface area contributed by atoms with Crippen LogP contribution in [-0.2, 0) is 3.63 Å². The smallest absolute Gasteiger partial charge is 0.0210 e. The van der Waals surface area contributed by atoms with Crippen molar-refractivity contribution in [3.05, 3.63) is 0 Å². The van der Waals surface area contributed by atoms with Gasteiger partial charge in [-0.3, -0.25) is 0 Å². The van der Waals surface area contributed by atoms with Gasteiger partial charge < -0.3 is 0 Å². The van der Waals surface area contributed by atoms with E-state index in [2.05, 4.69) is 13.8 Å². The van der Waals surface area contributed by atoms with E-state index < -0.39 is 0 Å². The first-order valence-corrected chi connectivity index (χ1v) is 14.1. The molecule has 0 atom stereocenters. The molecule has 0 aliphatic rings. The molecule has 1 nitrogen and oxygen atoms in total. The lowest BCUT2D eigenvalue weighted by molar-refractivity contribution is 0.561. The minimum atomic E-state index is 1.17. The third-order valence-corrected chi connectivity index (χ3v) is 6.94. The molecule has 0 saturated heterocycles. The Balaban J connectivity index is 2.95. The monoisotopic (exact) mass is 418 g/mol. The third-order valence-electron chi connectivity index (χ3n) is 5.26. The molecule has 0 N–H and O–H groups in total. The summed E-state index contributed by atoms with van der Waals surface area (Å²) in [5.41, 5.74) is 0. The van der Waals surface area contributed by atoms with E-state index in [0.29, 0.717) is 0 Å². The van der Waals surface area contributed by atoms with Gasteiger partial charge in [0.2, 0.25) is 0 Å². The summed E-state index contributed by atoms with van der Waals surface area (Å²) < 4.78 is 5.63. The van der Waals surface area contributed by atoms with Crippen LogP contribution in [-0.4, -0.2) is 11.5 Å². The molecule has 3 heteroatoms. The second-order valence-corrected chi connectivity index (χ2v) is 9.91. The van der Waals surface area contributed by atoms with Crippen molar-refractivity contribution in [2.45, 2.75) is 142 Å². The Kier molecular flexibility index (Phi) is 27.3. The molecule has 0 aromatic heterocycles. The molecule has 27 heavy (non-hydrogen) atoms. The van der Waals surface area contributed by atoms with Crippen LogP contribution in [0.2, 0.25) is 0 Å². The van der Waals surface area contributed by atoms with Crippen molar-refractivity contribution >= 4 is 24.1 Å². The minimum absolute atomic E-state index is 1.17. The van der Waals surface area contributed by atoms with E-state index in [1.54, 1.807) is 24.1 Å². The molecule has 0 aromatic rings. The Hall–Kier alpha value is 0.660. The molecule has 0 aromatic carbocycles. The van der Waals surface area contributed by atoms with Gasteiger partial charge in [0, 0.05) is 35.6 Å². The van der Waals surface area contributed by atoms with E-state index in [-0.39, 0.29) is 0 Å². The fourth-order valence-electron chi connectivity index (χ4n) is 3.40. The van der Waals surface area contributed by atoms with Crippen LogP contribution in [0.5, 0.6) is 0 Å². The largest absolute Gasteiger partial charge is 0.247 e. The number of unbranched alkanes of at least 4 members (excludes halogenated alkanes) is 18. The lowest BCUT2D eigenvalue weighted by atomic mass is 10.1. The van der Waals surface area contributed by atoms with Crippen molar-refractivity contribution in [2.75, 3.05) is 11.5 Å². The number of hydrogen-bond donors (Lipinski definition) is 0. The topological polar surface area (TPSA) is 9.23 Å². The van der Waals surface area contributed by atoms with Crippen molar-refractivity contribution < 1.29 is 3.63 Å². The zero-order valence-corrected chi connectivity index (χ0v) is 20.4. The normalized spacial score (nSPS) is 11.3. The van der Waals surface area contributed by atoms with Crippen molar-refractivity contribution in [3.63, 3.8) is 0 Å². The minimum Gasteiger partial charge on any atom is -0.247 e. The van der Waals surface area contributed by atoms with Gasteiger partial charge in [-0.25, -0.2) is 3.63 Å². The summed E-state index contributed by atoms with van der Waals surface area (Å²) in [5, 5.41) is 0. The molecular formula is C24H50OS2. The SMILES string of the molecule is CCCCCCCCCCCCSOSCCCCCCCCCCCC. The summed E-state index contributed by atoms with van der Waals surface area (Å²) in [6, 6.07) is 0. The summed E-state index contributed by atoms with van der Waals surface area (Å²) in [6.07, 6.45) is 28.3. The van der Waals surface area contributed by atoms with Gasteiger partial charge >= 0.3 is 0 Å². The van der Waals surface area contributed by atoms with Gasteiger partial charge in [0.15, 0.2) is 0 Å². The molecule has 0 fully saturated rings. The highest BCUT2D eigenvalue weighted by atomic mass is 32.2. The molecule has 0 aliphatic heterocycles. The standard InChI is InChI=1S/C24H50OS2/c1-3-5-7-9-11-13-15-17-19-21-23-26-25-27-24-22-20-18-16-14-12-10-8-6-4-2/h3-24H2,1-2H3. The number of hydrogen-bond acceptors (Lipinski definition) is 3. The molecule has 0 radical (unpaired) electrons. The molecule has 0 saturated carbocycles. The van der Waals surface area contributed by atoms with Crippen LogP contribution in [0.15, 0.2) is 0 Å². The number of rotatable bonds is 24. The highest BCUT2D eigenvalue weighted by Gasteiger charge is 1.96. The Morgan fingerprint density at radius 3 is 0.926 bits per heavy atom. The Labute approximate surface area is 181 Å². The fourth-order valence-corrected chi connectivity index (χ4v) is 4.86. The molecule has 0 bridgehead atoms. The van der Waals surface area contributed by atoms with E-state index >= 15 is 0 Å². The first-order valence-electron chi connectivity index (χ1n) is 12.3. The molecular weight excluding hydrogens is 368 g/mol. The molecule has 0 rings (SSSR count). The summed E-state index contributed by atoms with van der Waals surface area (Å²) in [4.78, 5) is 0. The Bertz CT molecular complexity index is 225. The Morgan fingerprint density at radius 2 is 0.630 bits per heavy atom. The van der Waals surface area contributed by atoms with Gasteiger partial charge in [0.1, 0.15) is 0 Å². The molecule has 0 heterocycles. The first kappa shape index (κ1) is 27.7. The summed E-state index contributed by atoms with van der Waals surface area (Å²) in [7, 11) is 0. The fraction of sp³-hybridized carbons (Fsp3) is 1.00. The van der Waals surface area contributed by atoms with Crippen LogP contribution in [0, 0.1) is 0 Å². The van der Waals surface area contributed by atoms with Crippen molar-refractivity contribution in [1.82, 2.24) is 0 Å². The summed E-state index contributed by atoms with van der Waals surface area (Å²) >= 11 is 3.35. The van der Waals surface area contributed by atoms with Gasteiger partial charge in [0.25, 0.3) is 0 Å². The average molecular weight is 419 g/mol. The molecule has 0 amide bonds. The zero-order chi connectivity index (χ0) is 19.7. The lowest BCUT2D eigenvalue weighted by Gasteiger charge is -2.04. The maximum absolute atomic E-state index is 5.63. The summed E-state index contributed by atoms with van der Waals surface area (Å²) in [5.74, 6) is 2.34. The van der Waals surface area contributed by atoms with Gasteiger partial charge in [-0.2, -0.15) is 0 Å². The average Bonchev–Trinajstić information content (AvgIpc) is 2.68. The van der Waals surface area contributed by atoms with Gasteiger partial charge in [-0.1, -0.05) is 129 Å². The predicted molar refractivity (Wildman–Crippen MR) is 130 cm³/mol. The predicted octanol–water partition coefficient (Wildman–Crippen LogP) is 10.1. The van der Waals surface area contributed by atoms with E-state index in [1.807, 2.05) is 0 Å². The maximum atomic E-state index is 5.63. The molecule has 0 spiro atoms. The quantitative estimate of drug-likeness (QED) is 0.114. The maximum Gasteiger partial charge on any atom is 0.0210 e. The van der Waals surface area contributed by atoms with Crippen LogP contribution in [0.25, 0.3) is 0 Å². The van der Waals surface area contributed by atoms with E-state index in [0.717, 1.165) is 0 Å². The van der Waals surface area contributed by atoms with Gasteiger partial charge in [0.05, 0.1) is 0 Å². The van der Waals surface area contributed by atoms with E-state index in [4.69, 9.17) is 3.63 Å². The molecule has 164 valence electrons. The third kappa shape index (κ3) is 26.7. The van der Waals surface area contributed by atoms with E-state index in [1.165, 1.54) is 140 Å². The van der Waals surface area contributed by atoms with Crippen LogP contribution in [0.1, 0.15) is 142 Å². The van der Waals surface area contributed by atoms with E-state index in [9.17, 15) is 0 Å². The van der Waals surface area contributed by atoms with Crippen LogP contribution in [0.3, 0.4) is 0 Å². The van der Waals surface area contributed by atoms with Gasteiger partial charge in [-0.05, 0) is 12.8 Å². The molecule has 0 aliphatic carbocycles. The van der Waals surface area contributed by atoms with Crippen molar-refractivity contribution in [3.8, 4) is 0 Å². The van der Waals surface area contributed by atoms with Crippen molar-refractivity contribution in [1.29, 1.82) is 0 Å². The highest BCUT2D eigenvalue weighted by Crippen LogP contribution is 2.19. The highest BCUT2D eigenvalue weighted by molar-refractivity contribution is 8.07. The first-order chi connectivity index (χ1) is 13.4. The van der Waals surface area contributed by atoms with Crippen LogP contribution >= 0.6 is 24.1 Å². The van der Waals surface area contributed by atoms with Gasteiger partial charge in [-0.15, -0.1) is 0 Å². The zero-order valence-electron chi connectivity index (χ0n) is 18.8. The summed E-state index contributed by atoms with van der Waals surface area (Å²) in [6.45, 7) is 4.58. The van der Waals surface area contributed by atoms with Crippen LogP contribution < -0.4 is 0 Å². The Morgan fingerprint density at radius 1 is 0.370 bits per heavy atom.